The number of piperidine rings is 1. The summed E-state index contributed by atoms with van der Waals surface area (Å²) in [5, 5.41) is 8.35. The topological polar surface area (TPSA) is 38.1 Å². The fourth-order valence-corrected chi connectivity index (χ4v) is 3.25. The Balaban J connectivity index is 1.73. The minimum atomic E-state index is 0.155. The van der Waals surface area contributed by atoms with E-state index in [9.17, 15) is 4.79 Å². The lowest BCUT2D eigenvalue weighted by Gasteiger charge is -2.31. The first kappa shape index (κ1) is 12.4. The van der Waals surface area contributed by atoms with E-state index in [-0.39, 0.29) is 5.91 Å². The van der Waals surface area contributed by atoms with Gasteiger partial charge in [0, 0.05) is 37.6 Å². The predicted octanol–water partition coefficient (Wildman–Crippen LogP) is 2.50. The van der Waals surface area contributed by atoms with Crippen LogP contribution in [0.2, 0.25) is 0 Å². The van der Waals surface area contributed by atoms with Crippen LogP contribution in [0.3, 0.4) is 0 Å². The van der Waals surface area contributed by atoms with Gasteiger partial charge in [0.2, 0.25) is 0 Å². The van der Waals surface area contributed by atoms with Gasteiger partial charge < -0.3 is 4.90 Å². The van der Waals surface area contributed by atoms with Crippen molar-refractivity contribution >= 4 is 17.2 Å². The zero-order chi connectivity index (χ0) is 13.2. The van der Waals surface area contributed by atoms with Crippen LogP contribution < -0.4 is 0 Å². The van der Waals surface area contributed by atoms with Crippen molar-refractivity contribution < 1.29 is 4.79 Å². The molecule has 2 aromatic rings. The SMILES string of the molecule is Cn1ccc([C@@H]2CCCN(C(=O)c3ccsc3)C2)n1. The van der Waals surface area contributed by atoms with Crippen molar-refractivity contribution in [1.29, 1.82) is 0 Å². The van der Waals surface area contributed by atoms with Gasteiger partial charge in [-0.1, -0.05) is 0 Å². The first-order valence-corrected chi connectivity index (χ1v) is 7.49. The maximum absolute atomic E-state index is 12.3. The highest BCUT2D eigenvalue weighted by Crippen LogP contribution is 2.26. The summed E-state index contributed by atoms with van der Waals surface area (Å²) in [6, 6.07) is 3.96. The number of hydrogen-bond donors (Lipinski definition) is 0. The zero-order valence-corrected chi connectivity index (χ0v) is 11.8. The van der Waals surface area contributed by atoms with Crippen LogP contribution in [0.25, 0.3) is 0 Å². The first-order chi connectivity index (χ1) is 9.24. The predicted molar refractivity (Wildman–Crippen MR) is 75.4 cm³/mol. The molecule has 0 unspecified atom stereocenters. The quantitative estimate of drug-likeness (QED) is 0.844. The van der Waals surface area contributed by atoms with E-state index in [4.69, 9.17) is 0 Å². The molecule has 0 spiro atoms. The molecule has 0 aliphatic carbocycles. The summed E-state index contributed by atoms with van der Waals surface area (Å²) in [5.74, 6) is 0.527. The normalized spacial score (nSPS) is 19.6. The summed E-state index contributed by atoms with van der Waals surface area (Å²) >= 11 is 1.57. The van der Waals surface area contributed by atoms with Crippen molar-refractivity contribution in [1.82, 2.24) is 14.7 Å². The van der Waals surface area contributed by atoms with E-state index >= 15 is 0 Å². The number of thiophene rings is 1. The minimum Gasteiger partial charge on any atom is -0.338 e. The van der Waals surface area contributed by atoms with Gasteiger partial charge in [0.15, 0.2) is 0 Å². The minimum absolute atomic E-state index is 0.155. The molecule has 3 rings (SSSR count). The Labute approximate surface area is 116 Å². The van der Waals surface area contributed by atoms with Crippen molar-refractivity contribution in [3.8, 4) is 0 Å². The second-order valence-corrected chi connectivity index (χ2v) is 5.80. The number of carbonyl (C=O) groups excluding carboxylic acids is 1. The molecule has 19 heavy (non-hydrogen) atoms. The average Bonchev–Trinajstić information content (AvgIpc) is 3.09. The van der Waals surface area contributed by atoms with Gasteiger partial charge in [-0.3, -0.25) is 9.48 Å². The fraction of sp³-hybridized carbons (Fsp3) is 0.429. The Morgan fingerprint density at radius 2 is 2.37 bits per heavy atom. The van der Waals surface area contributed by atoms with Gasteiger partial charge in [0.05, 0.1) is 11.3 Å². The maximum Gasteiger partial charge on any atom is 0.254 e. The van der Waals surface area contributed by atoms with Crippen LogP contribution >= 0.6 is 11.3 Å². The molecular weight excluding hydrogens is 258 g/mol. The molecule has 100 valence electrons. The van der Waals surface area contributed by atoms with Crippen molar-refractivity contribution in [2.24, 2.45) is 7.05 Å². The van der Waals surface area contributed by atoms with Gasteiger partial charge in [0.1, 0.15) is 0 Å². The van der Waals surface area contributed by atoms with Crippen LogP contribution in [0.5, 0.6) is 0 Å². The fourth-order valence-electron chi connectivity index (χ4n) is 2.62. The molecule has 0 aromatic carbocycles. The average molecular weight is 275 g/mol. The van der Waals surface area contributed by atoms with Gasteiger partial charge in [-0.2, -0.15) is 16.4 Å². The van der Waals surface area contributed by atoms with Crippen molar-refractivity contribution in [3.05, 3.63) is 40.3 Å². The van der Waals surface area contributed by atoms with Gasteiger partial charge in [0.25, 0.3) is 5.91 Å². The Morgan fingerprint density at radius 3 is 3.05 bits per heavy atom. The monoisotopic (exact) mass is 275 g/mol. The Bertz CT molecular complexity index is 561. The Hall–Kier alpha value is -1.62. The molecule has 5 heteroatoms. The summed E-state index contributed by atoms with van der Waals surface area (Å²) in [4.78, 5) is 14.3. The molecule has 0 N–H and O–H groups in total. The summed E-state index contributed by atoms with van der Waals surface area (Å²) < 4.78 is 1.83. The molecular formula is C14H17N3OS. The smallest absolute Gasteiger partial charge is 0.254 e. The molecule has 3 heterocycles. The molecule has 1 aliphatic heterocycles. The maximum atomic E-state index is 12.3. The zero-order valence-electron chi connectivity index (χ0n) is 11.0. The van der Waals surface area contributed by atoms with Crippen LogP contribution in [-0.4, -0.2) is 33.7 Å². The summed E-state index contributed by atoms with van der Waals surface area (Å²) in [7, 11) is 1.93. The molecule has 1 amide bonds. The second-order valence-electron chi connectivity index (χ2n) is 5.02. The highest BCUT2D eigenvalue weighted by Gasteiger charge is 2.26. The number of likely N-dealkylation sites (tertiary alicyclic amines) is 1. The Morgan fingerprint density at radius 1 is 1.47 bits per heavy atom. The van der Waals surface area contributed by atoms with Crippen molar-refractivity contribution in [2.45, 2.75) is 18.8 Å². The van der Waals surface area contributed by atoms with Crippen LogP contribution in [0.1, 0.15) is 34.8 Å². The highest BCUT2D eigenvalue weighted by molar-refractivity contribution is 7.08. The number of aromatic nitrogens is 2. The lowest BCUT2D eigenvalue weighted by Crippen LogP contribution is -2.39. The van der Waals surface area contributed by atoms with Crippen molar-refractivity contribution in [3.63, 3.8) is 0 Å². The van der Waals surface area contributed by atoms with E-state index < -0.39 is 0 Å². The van der Waals surface area contributed by atoms with Crippen molar-refractivity contribution in [2.75, 3.05) is 13.1 Å². The lowest BCUT2D eigenvalue weighted by molar-refractivity contribution is 0.0706. The third kappa shape index (κ3) is 2.56. The third-order valence-corrected chi connectivity index (χ3v) is 4.31. The van der Waals surface area contributed by atoms with E-state index in [1.807, 2.05) is 39.7 Å². The van der Waals surface area contributed by atoms with Gasteiger partial charge in [-0.05, 0) is 30.4 Å². The lowest BCUT2D eigenvalue weighted by atomic mass is 9.94. The number of carbonyl (C=O) groups is 1. The standard InChI is InChI=1S/C14H17N3OS/c1-16-7-4-13(15-16)11-3-2-6-17(9-11)14(18)12-5-8-19-10-12/h4-5,7-8,10-11H,2-3,6,9H2,1H3/t11-/m1/s1. The highest BCUT2D eigenvalue weighted by atomic mass is 32.1. The van der Waals surface area contributed by atoms with E-state index in [2.05, 4.69) is 11.2 Å². The van der Waals surface area contributed by atoms with Crippen LogP contribution in [0.15, 0.2) is 29.1 Å². The number of nitrogens with zero attached hydrogens (tertiary/aromatic N) is 3. The number of rotatable bonds is 2. The number of amides is 1. The van der Waals surface area contributed by atoms with E-state index in [0.29, 0.717) is 5.92 Å². The van der Waals surface area contributed by atoms with E-state index in [1.165, 1.54) is 0 Å². The van der Waals surface area contributed by atoms with Gasteiger partial charge in [-0.25, -0.2) is 0 Å². The first-order valence-electron chi connectivity index (χ1n) is 6.55. The van der Waals surface area contributed by atoms with Gasteiger partial charge in [-0.15, -0.1) is 0 Å². The molecule has 0 bridgehead atoms. The van der Waals surface area contributed by atoms with Gasteiger partial charge >= 0.3 is 0 Å². The summed E-state index contributed by atoms with van der Waals surface area (Å²) in [6.45, 7) is 1.64. The molecule has 1 atom stereocenters. The summed E-state index contributed by atoms with van der Waals surface area (Å²) in [6.07, 6.45) is 4.14. The van der Waals surface area contributed by atoms with E-state index in [1.54, 1.807) is 11.3 Å². The summed E-state index contributed by atoms with van der Waals surface area (Å²) in [5.41, 5.74) is 1.91. The molecule has 1 fully saturated rings. The molecule has 0 saturated carbocycles. The molecule has 1 saturated heterocycles. The van der Waals surface area contributed by atoms with Crippen LogP contribution in [0.4, 0.5) is 0 Å². The second kappa shape index (κ2) is 5.17. The molecule has 0 radical (unpaired) electrons. The number of hydrogen-bond acceptors (Lipinski definition) is 3. The van der Waals surface area contributed by atoms with E-state index in [0.717, 1.165) is 37.2 Å². The number of aryl methyl sites for hydroxylation is 1. The molecule has 2 aromatic heterocycles. The van der Waals surface area contributed by atoms with Crippen LogP contribution in [0, 0.1) is 0 Å². The molecule has 4 nitrogen and oxygen atoms in total. The third-order valence-electron chi connectivity index (χ3n) is 3.63. The molecule has 1 aliphatic rings. The van der Waals surface area contributed by atoms with Crippen LogP contribution in [-0.2, 0) is 7.05 Å². The Kier molecular flexibility index (Phi) is 3.38. The largest absolute Gasteiger partial charge is 0.338 e.